The second-order valence-electron chi connectivity index (χ2n) is 4.34. The number of hydrogen-bond acceptors (Lipinski definition) is 5. The molecule has 0 radical (unpaired) electrons. The molecule has 5 heteroatoms. The predicted molar refractivity (Wildman–Crippen MR) is 52.6 cm³/mol. The van der Waals surface area contributed by atoms with Crippen LogP contribution < -0.4 is 0 Å². The summed E-state index contributed by atoms with van der Waals surface area (Å²) in [5.74, 6) is 0. The van der Waals surface area contributed by atoms with E-state index >= 15 is 0 Å². The summed E-state index contributed by atoms with van der Waals surface area (Å²) in [5.41, 5.74) is -0.960. The molecule has 0 aromatic carbocycles. The lowest BCUT2D eigenvalue weighted by Gasteiger charge is -2.38. The van der Waals surface area contributed by atoms with Gasteiger partial charge in [-0.1, -0.05) is 13.8 Å². The molecule has 0 saturated heterocycles. The van der Waals surface area contributed by atoms with E-state index in [4.69, 9.17) is 5.11 Å². The van der Waals surface area contributed by atoms with Crippen LogP contribution in [0.25, 0.3) is 0 Å². The van der Waals surface area contributed by atoms with Crippen LogP contribution in [0.2, 0.25) is 0 Å². The molecule has 0 fully saturated rings. The minimum absolute atomic E-state index is 0.440. The maximum Gasteiger partial charge on any atom is 0.133 e. The second kappa shape index (κ2) is 5.04. The predicted octanol–water partition coefficient (Wildman–Crippen LogP) is -1.39. The summed E-state index contributed by atoms with van der Waals surface area (Å²) in [6.45, 7) is 2.74. The molecule has 0 rings (SSSR count). The molecule has 0 amide bonds. The number of aliphatic hydroxyl groups excluding tert-OH is 4. The highest BCUT2D eigenvalue weighted by Gasteiger charge is 2.39. The standard InChI is InChI=1S/C9H21NO4/c1-9(2,6(12)5-11)7(13)8(14)10(3)4/h6-8,11-14H,5H2,1-4H3. The van der Waals surface area contributed by atoms with Gasteiger partial charge in [-0.2, -0.15) is 0 Å². The fraction of sp³-hybridized carbons (Fsp3) is 1.00. The Hall–Kier alpha value is -0.200. The number of hydrogen-bond donors (Lipinski definition) is 4. The van der Waals surface area contributed by atoms with Crippen molar-refractivity contribution in [2.45, 2.75) is 32.3 Å². The molecule has 0 spiro atoms. The van der Waals surface area contributed by atoms with Gasteiger partial charge >= 0.3 is 0 Å². The normalized spacial score (nSPS) is 19.5. The zero-order chi connectivity index (χ0) is 11.5. The Labute approximate surface area is 84.6 Å². The van der Waals surface area contributed by atoms with Crippen molar-refractivity contribution in [3.8, 4) is 0 Å². The maximum absolute atomic E-state index is 9.75. The zero-order valence-electron chi connectivity index (χ0n) is 9.18. The van der Waals surface area contributed by atoms with Crippen LogP contribution >= 0.6 is 0 Å². The molecule has 86 valence electrons. The average Bonchev–Trinajstić information content (AvgIpc) is 2.13. The molecular formula is C9H21NO4. The highest BCUT2D eigenvalue weighted by molar-refractivity contribution is 4.87. The van der Waals surface area contributed by atoms with Gasteiger partial charge in [-0.25, -0.2) is 0 Å². The van der Waals surface area contributed by atoms with Gasteiger partial charge < -0.3 is 20.4 Å². The quantitative estimate of drug-likeness (QED) is 0.417. The van der Waals surface area contributed by atoms with Crippen molar-refractivity contribution in [2.24, 2.45) is 5.41 Å². The summed E-state index contributed by atoms with van der Waals surface area (Å²) in [5, 5.41) is 37.5. The minimum atomic E-state index is -1.13. The number of aliphatic hydroxyl groups is 4. The first-order valence-corrected chi connectivity index (χ1v) is 4.56. The van der Waals surface area contributed by atoms with Gasteiger partial charge in [0, 0.05) is 5.41 Å². The van der Waals surface area contributed by atoms with Crippen molar-refractivity contribution < 1.29 is 20.4 Å². The molecule has 0 aliphatic heterocycles. The van der Waals surface area contributed by atoms with Crippen LogP contribution in [0.15, 0.2) is 0 Å². The van der Waals surface area contributed by atoms with Crippen molar-refractivity contribution in [3.05, 3.63) is 0 Å². The van der Waals surface area contributed by atoms with E-state index in [9.17, 15) is 15.3 Å². The maximum atomic E-state index is 9.75. The smallest absolute Gasteiger partial charge is 0.133 e. The highest BCUT2D eigenvalue weighted by Crippen LogP contribution is 2.27. The Morgan fingerprint density at radius 1 is 1.14 bits per heavy atom. The Kier molecular flexibility index (Phi) is 4.97. The highest BCUT2D eigenvalue weighted by atomic mass is 16.4. The molecule has 4 N–H and O–H groups in total. The van der Waals surface area contributed by atoms with Gasteiger partial charge in [0.2, 0.25) is 0 Å². The van der Waals surface area contributed by atoms with E-state index < -0.39 is 30.5 Å². The van der Waals surface area contributed by atoms with Gasteiger partial charge in [0.15, 0.2) is 0 Å². The first-order chi connectivity index (χ1) is 6.25. The van der Waals surface area contributed by atoms with Crippen molar-refractivity contribution in [1.29, 1.82) is 0 Å². The number of likely N-dealkylation sites (N-methyl/N-ethyl adjacent to an activating group) is 1. The van der Waals surface area contributed by atoms with Crippen LogP contribution in [-0.4, -0.2) is 64.5 Å². The Morgan fingerprint density at radius 2 is 1.57 bits per heavy atom. The molecule has 0 aliphatic rings. The first-order valence-electron chi connectivity index (χ1n) is 4.56. The van der Waals surface area contributed by atoms with Gasteiger partial charge in [-0.15, -0.1) is 0 Å². The van der Waals surface area contributed by atoms with Crippen molar-refractivity contribution >= 4 is 0 Å². The molecule has 5 nitrogen and oxygen atoms in total. The third-order valence-electron chi connectivity index (χ3n) is 2.61. The summed E-state index contributed by atoms with van der Waals surface area (Å²) in [6.07, 6.45) is -3.25. The third-order valence-corrected chi connectivity index (χ3v) is 2.61. The van der Waals surface area contributed by atoms with E-state index in [1.54, 1.807) is 27.9 Å². The summed E-state index contributed by atoms with van der Waals surface area (Å²) >= 11 is 0. The summed E-state index contributed by atoms with van der Waals surface area (Å²) < 4.78 is 0. The third kappa shape index (κ3) is 2.90. The molecule has 0 aromatic rings. The Balaban J connectivity index is 4.56. The van der Waals surface area contributed by atoms with Crippen LogP contribution in [0, 0.1) is 5.41 Å². The molecule has 0 aliphatic carbocycles. The molecule has 3 unspecified atom stereocenters. The molecule has 0 bridgehead atoms. The lowest BCUT2D eigenvalue weighted by Crippen LogP contribution is -2.52. The fourth-order valence-electron chi connectivity index (χ4n) is 1.10. The summed E-state index contributed by atoms with van der Waals surface area (Å²) in [6, 6.07) is 0. The van der Waals surface area contributed by atoms with Crippen LogP contribution in [0.3, 0.4) is 0 Å². The summed E-state index contributed by atoms with van der Waals surface area (Å²) in [7, 11) is 3.24. The lowest BCUT2D eigenvalue weighted by molar-refractivity contribution is -0.149. The van der Waals surface area contributed by atoms with E-state index in [0.717, 1.165) is 0 Å². The molecule has 0 aromatic heterocycles. The molecule has 0 saturated carbocycles. The molecule has 14 heavy (non-hydrogen) atoms. The SMILES string of the molecule is CN(C)C(O)C(O)C(C)(C)C(O)CO. The van der Waals surface area contributed by atoms with E-state index in [-0.39, 0.29) is 0 Å². The first kappa shape index (κ1) is 13.8. The van der Waals surface area contributed by atoms with E-state index in [1.165, 1.54) is 4.90 Å². The van der Waals surface area contributed by atoms with Crippen molar-refractivity contribution in [3.63, 3.8) is 0 Å². The van der Waals surface area contributed by atoms with Crippen LogP contribution in [0.1, 0.15) is 13.8 Å². The van der Waals surface area contributed by atoms with E-state index in [1.807, 2.05) is 0 Å². The van der Waals surface area contributed by atoms with E-state index in [0.29, 0.717) is 0 Å². The Bertz CT molecular complexity index is 172. The van der Waals surface area contributed by atoms with E-state index in [2.05, 4.69) is 0 Å². The van der Waals surface area contributed by atoms with Crippen LogP contribution in [-0.2, 0) is 0 Å². The number of nitrogens with zero attached hydrogens (tertiary/aromatic N) is 1. The van der Waals surface area contributed by atoms with Crippen LogP contribution in [0.4, 0.5) is 0 Å². The molecule has 0 heterocycles. The lowest BCUT2D eigenvalue weighted by atomic mass is 9.80. The van der Waals surface area contributed by atoms with Crippen molar-refractivity contribution in [2.75, 3.05) is 20.7 Å². The molecular weight excluding hydrogens is 186 g/mol. The topological polar surface area (TPSA) is 84.2 Å². The van der Waals surface area contributed by atoms with Gasteiger partial charge in [-0.3, -0.25) is 4.90 Å². The monoisotopic (exact) mass is 207 g/mol. The van der Waals surface area contributed by atoms with Gasteiger partial charge in [0.1, 0.15) is 12.3 Å². The largest absolute Gasteiger partial charge is 0.394 e. The van der Waals surface area contributed by atoms with Gasteiger partial charge in [0.05, 0.1) is 12.7 Å². The fourth-order valence-corrected chi connectivity index (χ4v) is 1.10. The minimum Gasteiger partial charge on any atom is -0.394 e. The van der Waals surface area contributed by atoms with Crippen molar-refractivity contribution in [1.82, 2.24) is 4.90 Å². The van der Waals surface area contributed by atoms with Crippen LogP contribution in [0.5, 0.6) is 0 Å². The second-order valence-corrected chi connectivity index (χ2v) is 4.34. The van der Waals surface area contributed by atoms with Gasteiger partial charge in [-0.05, 0) is 14.1 Å². The average molecular weight is 207 g/mol. The summed E-state index contributed by atoms with van der Waals surface area (Å²) in [4.78, 5) is 1.44. The molecule has 3 atom stereocenters. The van der Waals surface area contributed by atoms with Gasteiger partial charge in [0.25, 0.3) is 0 Å². The zero-order valence-corrected chi connectivity index (χ0v) is 9.18. The number of rotatable bonds is 5. The Morgan fingerprint density at radius 3 is 1.86 bits per heavy atom.